The molecule has 0 saturated heterocycles. The molecule has 0 amide bonds. The van der Waals surface area contributed by atoms with Crippen molar-refractivity contribution in [1.29, 1.82) is 0 Å². The smallest absolute Gasteiger partial charge is 0.344 e. The number of rotatable bonds is 4. The van der Waals surface area contributed by atoms with Crippen LogP contribution < -0.4 is 19.8 Å². The quantitative estimate of drug-likeness (QED) is 0.511. The lowest BCUT2D eigenvalue weighted by Gasteiger charge is -2.07. The molecule has 0 fully saturated rings. The minimum Gasteiger partial charge on any atom is -0.489 e. The standard InChI is InChI=1S/C21H18O5/c1-13(2)7-8-23-16-5-3-15-9-17(21(22)26-19(15)11-16)14-4-6-18-20(10-14)25-12-24-18/h3-7,9-11H,8,12H2,1-2H3. The molecule has 1 aliphatic rings. The van der Waals surface area contributed by atoms with Crippen molar-refractivity contribution in [2.24, 2.45) is 0 Å². The maximum absolute atomic E-state index is 12.5. The first-order chi connectivity index (χ1) is 12.6. The molecule has 0 unspecified atom stereocenters. The molecule has 2 aromatic carbocycles. The molecule has 3 aromatic rings. The summed E-state index contributed by atoms with van der Waals surface area (Å²) < 4.78 is 21.9. The van der Waals surface area contributed by atoms with Crippen LogP contribution in [-0.2, 0) is 0 Å². The van der Waals surface area contributed by atoms with Crippen molar-refractivity contribution in [1.82, 2.24) is 0 Å². The summed E-state index contributed by atoms with van der Waals surface area (Å²) in [4.78, 5) is 12.5. The highest BCUT2D eigenvalue weighted by Gasteiger charge is 2.16. The Balaban J connectivity index is 1.68. The van der Waals surface area contributed by atoms with E-state index in [9.17, 15) is 4.79 Å². The molecule has 0 radical (unpaired) electrons. The lowest BCUT2D eigenvalue weighted by molar-refractivity contribution is 0.174. The first-order valence-electron chi connectivity index (χ1n) is 8.34. The van der Waals surface area contributed by atoms with Crippen LogP contribution in [0.3, 0.4) is 0 Å². The van der Waals surface area contributed by atoms with E-state index in [1.807, 2.05) is 44.2 Å². The van der Waals surface area contributed by atoms with Crippen LogP contribution in [0.5, 0.6) is 17.2 Å². The zero-order valence-electron chi connectivity index (χ0n) is 14.6. The van der Waals surface area contributed by atoms with Gasteiger partial charge in [0.05, 0.1) is 5.56 Å². The summed E-state index contributed by atoms with van der Waals surface area (Å²) in [5.41, 5.74) is 2.49. The van der Waals surface area contributed by atoms with E-state index in [0.29, 0.717) is 35.0 Å². The SMILES string of the molecule is CC(C)=CCOc1ccc2cc(-c3ccc4c(c3)OCO4)c(=O)oc2c1. The van der Waals surface area contributed by atoms with Gasteiger partial charge in [0.25, 0.3) is 0 Å². The molecule has 0 aliphatic carbocycles. The monoisotopic (exact) mass is 350 g/mol. The van der Waals surface area contributed by atoms with Crippen LogP contribution >= 0.6 is 0 Å². The number of benzene rings is 2. The molecule has 26 heavy (non-hydrogen) atoms. The molecule has 0 N–H and O–H groups in total. The summed E-state index contributed by atoms with van der Waals surface area (Å²) in [7, 11) is 0. The van der Waals surface area contributed by atoms with Crippen LogP contribution in [0.1, 0.15) is 13.8 Å². The first-order valence-corrected chi connectivity index (χ1v) is 8.34. The van der Waals surface area contributed by atoms with Crippen LogP contribution in [0.2, 0.25) is 0 Å². The average Bonchev–Trinajstić information content (AvgIpc) is 3.08. The third-order valence-corrected chi connectivity index (χ3v) is 4.13. The molecule has 0 spiro atoms. The maximum atomic E-state index is 12.5. The molecule has 4 rings (SSSR count). The number of hydrogen-bond acceptors (Lipinski definition) is 5. The van der Waals surface area contributed by atoms with Crippen molar-refractivity contribution in [3.8, 4) is 28.4 Å². The van der Waals surface area contributed by atoms with Crippen LogP contribution in [0.4, 0.5) is 0 Å². The second-order valence-corrected chi connectivity index (χ2v) is 6.31. The molecule has 2 heterocycles. The molecule has 1 aromatic heterocycles. The topological polar surface area (TPSA) is 57.9 Å². The summed E-state index contributed by atoms with van der Waals surface area (Å²) >= 11 is 0. The number of hydrogen-bond donors (Lipinski definition) is 0. The van der Waals surface area contributed by atoms with Crippen LogP contribution in [0.15, 0.2) is 63.3 Å². The zero-order valence-corrected chi connectivity index (χ0v) is 14.6. The molecular weight excluding hydrogens is 332 g/mol. The van der Waals surface area contributed by atoms with Crippen LogP contribution in [-0.4, -0.2) is 13.4 Å². The Morgan fingerprint density at radius 3 is 2.77 bits per heavy atom. The number of allylic oxidation sites excluding steroid dienone is 1. The van der Waals surface area contributed by atoms with Crippen molar-refractivity contribution < 1.29 is 18.6 Å². The van der Waals surface area contributed by atoms with Gasteiger partial charge in [-0.05, 0) is 55.8 Å². The Bertz CT molecular complexity index is 1060. The molecule has 5 nitrogen and oxygen atoms in total. The fraction of sp³-hybridized carbons (Fsp3) is 0.190. The third kappa shape index (κ3) is 3.16. The Hall–Kier alpha value is -3.21. The molecule has 0 atom stereocenters. The number of ether oxygens (including phenoxy) is 3. The highest BCUT2D eigenvalue weighted by atomic mass is 16.7. The number of fused-ring (bicyclic) bond motifs is 2. The van der Waals surface area contributed by atoms with Crippen molar-refractivity contribution in [3.05, 3.63) is 64.5 Å². The summed E-state index contributed by atoms with van der Waals surface area (Å²) in [5.74, 6) is 1.97. The summed E-state index contributed by atoms with van der Waals surface area (Å²) in [6.45, 7) is 4.70. The van der Waals surface area contributed by atoms with Gasteiger partial charge in [-0.3, -0.25) is 0 Å². The van der Waals surface area contributed by atoms with Crippen molar-refractivity contribution in [2.75, 3.05) is 13.4 Å². The molecule has 132 valence electrons. The molecule has 0 bridgehead atoms. The minimum atomic E-state index is -0.405. The van der Waals surface area contributed by atoms with E-state index in [-0.39, 0.29) is 6.79 Å². The van der Waals surface area contributed by atoms with E-state index in [1.165, 1.54) is 5.57 Å². The fourth-order valence-electron chi connectivity index (χ4n) is 2.75. The fourth-order valence-corrected chi connectivity index (χ4v) is 2.75. The van der Waals surface area contributed by atoms with Gasteiger partial charge < -0.3 is 18.6 Å². The van der Waals surface area contributed by atoms with Gasteiger partial charge in [0.1, 0.15) is 17.9 Å². The van der Waals surface area contributed by atoms with Gasteiger partial charge in [0.15, 0.2) is 11.5 Å². The lowest BCUT2D eigenvalue weighted by Crippen LogP contribution is -2.03. The molecule has 1 aliphatic heterocycles. The van der Waals surface area contributed by atoms with E-state index in [0.717, 1.165) is 10.9 Å². The highest BCUT2D eigenvalue weighted by Crippen LogP contribution is 2.35. The van der Waals surface area contributed by atoms with E-state index in [4.69, 9.17) is 18.6 Å². The molecule has 0 saturated carbocycles. The first kappa shape index (κ1) is 16.3. The van der Waals surface area contributed by atoms with Gasteiger partial charge in [0, 0.05) is 11.5 Å². The third-order valence-electron chi connectivity index (χ3n) is 4.13. The predicted molar refractivity (Wildman–Crippen MR) is 99.0 cm³/mol. The summed E-state index contributed by atoms with van der Waals surface area (Å²) in [6.07, 6.45) is 1.99. The van der Waals surface area contributed by atoms with Gasteiger partial charge in [-0.1, -0.05) is 11.6 Å². The predicted octanol–water partition coefficient (Wildman–Crippen LogP) is 4.53. The molecule has 5 heteroatoms. The second kappa shape index (κ2) is 6.59. The van der Waals surface area contributed by atoms with E-state index in [2.05, 4.69) is 0 Å². The van der Waals surface area contributed by atoms with Crippen molar-refractivity contribution >= 4 is 11.0 Å². The van der Waals surface area contributed by atoms with Gasteiger partial charge in [-0.25, -0.2) is 4.79 Å². The largest absolute Gasteiger partial charge is 0.489 e. The normalized spacial score (nSPS) is 12.2. The van der Waals surface area contributed by atoms with Gasteiger partial charge in [-0.2, -0.15) is 0 Å². The Labute approximate surface area is 150 Å². The summed E-state index contributed by atoms with van der Waals surface area (Å²) in [6, 6.07) is 12.7. The van der Waals surface area contributed by atoms with Gasteiger partial charge in [-0.15, -0.1) is 0 Å². The van der Waals surface area contributed by atoms with E-state index < -0.39 is 5.63 Å². The Kier molecular flexibility index (Phi) is 4.13. The maximum Gasteiger partial charge on any atom is 0.344 e. The van der Waals surface area contributed by atoms with E-state index in [1.54, 1.807) is 18.2 Å². The highest BCUT2D eigenvalue weighted by molar-refractivity contribution is 5.83. The minimum absolute atomic E-state index is 0.195. The lowest BCUT2D eigenvalue weighted by atomic mass is 10.1. The average molecular weight is 350 g/mol. The van der Waals surface area contributed by atoms with Crippen LogP contribution in [0, 0.1) is 0 Å². The van der Waals surface area contributed by atoms with E-state index >= 15 is 0 Å². The Morgan fingerprint density at radius 1 is 1.08 bits per heavy atom. The van der Waals surface area contributed by atoms with Crippen molar-refractivity contribution in [2.45, 2.75) is 13.8 Å². The summed E-state index contributed by atoms with van der Waals surface area (Å²) in [5, 5.41) is 0.826. The van der Waals surface area contributed by atoms with Gasteiger partial charge in [0.2, 0.25) is 6.79 Å². The second-order valence-electron chi connectivity index (χ2n) is 6.31. The molecular formula is C21H18O5. The van der Waals surface area contributed by atoms with Crippen LogP contribution in [0.25, 0.3) is 22.1 Å². The van der Waals surface area contributed by atoms with Gasteiger partial charge >= 0.3 is 5.63 Å². The Morgan fingerprint density at radius 2 is 1.92 bits per heavy atom. The zero-order chi connectivity index (χ0) is 18.1. The van der Waals surface area contributed by atoms with Crippen molar-refractivity contribution in [3.63, 3.8) is 0 Å².